The minimum atomic E-state index is -0.802. The fraction of sp³-hybridized carbons (Fsp3) is 0.385. The van der Waals surface area contributed by atoms with Gasteiger partial charge in [0.05, 0.1) is 6.04 Å². The summed E-state index contributed by atoms with van der Waals surface area (Å²) in [6, 6.07) is 9.94. The molecule has 4 heteroatoms. The molecule has 2 unspecified atom stereocenters. The van der Waals surface area contributed by atoms with Gasteiger partial charge in [-0.05, 0) is 19.2 Å². The van der Waals surface area contributed by atoms with E-state index in [0.717, 1.165) is 16.7 Å². The molecule has 0 fully saturated rings. The Morgan fingerprint density at radius 1 is 1.41 bits per heavy atom. The molecule has 0 radical (unpaired) electrons. The van der Waals surface area contributed by atoms with Gasteiger partial charge in [-0.15, -0.1) is 0 Å². The normalized spacial score (nSPS) is 14.9. The van der Waals surface area contributed by atoms with E-state index in [1.165, 1.54) is 0 Å². The zero-order valence-corrected chi connectivity index (χ0v) is 10.9. The third-order valence-corrected chi connectivity index (χ3v) is 4.16. The van der Waals surface area contributed by atoms with Gasteiger partial charge in [0.2, 0.25) is 0 Å². The molecule has 2 atom stereocenters. The Morgan fingerprint density at radius 3 is 2.82 bits per heavy atom. The molecule has 17 heavy (non-hydrogen) atoms. The summed E-state index contributed by atoms with van der Waals surface area (Å²) >= 11 is 0. The first-order chi connectivity index (χ1) is 8.24. The lowest BCUT2D eigenvalue weighted by Gasteiger charge is -2.12. The summed E-state index contributed by atoms with van der Waals surface area (Å²) in [5, 5.41) is 4.25. The third kappa shape index (κ3) is 2.76. The molecule has 3 nitrogen and oxygen atoms in total. The number of rotatable bonds is 5. The summed E-state index contributed by atoms with van der Waals surface area (Å²) in [7, 11) is 1.06. The zero-order valence-electron chi connectivity index (χ0n) is 10.1. The van der Waals surface area contributed by atoms with Gasteiger partial charge in [-0.25, -0.2) is 0 Å². The molecule has 0 amide bonds. The van der Waals surface area contributed by atoms with Gasteiger partial charge in [-0.3, -0.25) is 4.21 Å². The molecule has 92 valence electrons. The molecule has 0 aliphatic rings. The molecule has 2 aromatic rings. The molecule has 0 spiro atoms. The number of hydrogen-bond acceptors (Lipinski definition) is 3. The first-order valence-corrected chi connectivity index (χ1v) is 7.24. The third-order valence-electron chi connectivity index (χ3n) is 2.81. The summed E-state index contributed by atoms with van der Waals surface area (Å²) in [5.74, 6) is 2.13. The Kier molecular flexibility index (Phi) is 3.97. The molecule has 0 bridgehead atoms. The fourth-order valence-electron chi connectivity index (χ4n) is 1.79. The second kappa shape index (κ2) is 5.47. The van der Waals surface area contributed by atoms with Crippen molar-refractivity contribution in [3.8, 4) is 0 Å². The number of para-hydroxylation sites is 1. The molecular weight excluding hydrogens is 234 g/mol. The Labute approximate surface area is 104 Å². The molecular formula is C13H17NO2S. The second-order valence-electron chi connectivity index (χ2n) is 3.92. The highest BCUT2D eigenvalue weighted by Crippen LogP contribution is 2.24. The van der Waals surface area contributed by atoms with E-state index in [1.54, 1.807) is 0 Å². The SMILES string of the molecule is CCS(=O)CC(NC)c1cc2ccccc2o1. The number of benzene rings is 1. The Balaban J connectivity index is 2.27. The average Bonchev–Trinajstić information content (AvgIpc) is 2.78. The van der Waals surface area contributed by atoms with Crippen molar-refractivity contribution < 1.29 is 8.63 Å². The maximum atomic E-state index is 11.6. The minimum Gasteiger partial charge on any atom is -0.459 e. The van der Waals surface area contributed by atoms with E-state index in [9.17, 15) is 4.21 Å². The monoisotopic (exact) mass is 251 g/mol. The van der Waals surface area contributed by atoms with Crippen LogP contribution in [0.3, 0.4) is 0 Å². The van der Waals surface area contributed by atoms with Crippen LogP contribution in [0.5, 0.6) is 0 Å². The van der Waals surface area contributed by atoms with Gasteiger partial charge in [0.15, 0.2) is 0 Å². The van der Waals surface area contributed by atoms with Crippen LogP contribution in [0.25, 0.3) is 11.0 Å². The Morgan fingerprint density at radius 2 is 2.18 bits per heavy atom. The van der Waals surface area contributed by atoms with Crippen molar-refractivity contribution in [2.24, 2.45) is 0 Å². The number of furan rings is 1. The Bertz CT molecular complexity index is 488. The summed E-state index contributed by atoms with van der Waals surface area (Å²) in [4.78, 5) is 0. The topological polar surface area (TPSA) is 42.2 Å². The Hall–Kier alpha value is -1.13. The highest BCUT2D eigenvalue weighted by molar-refractivity contribution is 7.84. The van der Waals surface area contributed by atoms with Gasteiger partial charge in [0.1, 0.15) is 11.3 Å². The van der Waals surface area contributed by atoms with Crippen molar-refractivity contribution >= 4 is 21.8 Å². The molecule has 1 N–H and O–H groups in total. The quantitative estimate of drug-likeness (QED) is 0.887. The largest absolute Gasteiger partial charge is 0.459 e. The first-order valence-electron chi connectivity index (χ1n) is 5.75. The van der Waals surface area contributed by atoms with Crippen molar-refractivity contribution in [3.63, 3.8) is 0 Å². The van der Waals surface area contributed by atoms with E-state index in [1.807, 2.05) is 44.3 Å². The lowest BCUT2D eigenvalue weighted by molar-refractivity contribution is 0.476. The molecule has 0 saturated heterocycles. The van der Waals surface area contributed by atoms with Gasteiger partial charge >= 0.3 is 0 Å². The van der Waals surface area contributed by atoms with E-state index in [2.05, 4.69) is 5.32 Å². The van der Waals surface area contributed by atoms with Gasteiger partial charge < -0.3 is 9.73 Å². The predicted octanol–water partition coefficient (Wildman–Crippen LogP) is 2.46. The van der Waals surface area contributed by atoms with Crippen LogP contribution in [0, 0.1) is 0 Å². The van der Waals surface area contributed by atoms with Crippen molar-refractivity contribution in [1.29, 1.82) is 0 Å². The van der Waals surface area contributed by atoms with Crippen LogP contribution in [0.1, 0.15) is 18.7 Å². The van der Waals surface area contributed by atoms with Crippen LogP contribution >= 0.6 is 0 Å². The molecule has 2 rings (SSSR count). The van der Waals surface area contributed by atoms with Crippen LogP contribution in [-0.2, 0) is 10.8 Å². The highest BCUT2D eigenvalue weighted by Gasteiger charge is 2.16. The number of fused-ring (bicyclic) bond motifs is 1. The van der Waals surface area contributed by atoms with Crippen molar-refractivity contribution in [2.75, 3.05) is 18.6 Å². The molecule has 1 aromatic carbocycles. The molecule has 1 aromatic heterocycles. The van der Waals surface area contributed by atoms with E-state index in [0.29, 0.717) is 11.5 Å². The number of hydrogen-bond donors (Lipinski definition) is 1. The van der Waals surface area contributed by atoms with Crippen molar-refractivity contribution in [3.05, 3.63) is 36.1 Å². The number of nitrogens with one attached hydrogen (secondary N) is 1. The maximum Gasteiger partial charge on any atom is 0.134 e. The fourth-order valence-corrected chi connectivity index (χ4v) is 2.72. The first kappa shape index (κ1) is 12.3. The van der Waals surface area contributed by atoms with Crippen molar-refractivity contribution in [2.45, 2.75) is 13.0 Å². The molecule has 0 aliphatic heterocycles. The van der Waals surface area contributed by atoms with E-state index in [-0.39, 0.29) is 6.04 Å². The second-order valence-corrected chi connectivity index (χ2v) is 5.71. The van der Waals surface area contributed by atoms with Crippen LogP contribution < -0.4 is 5.32 Å². The van der Waals surface area contributed by atoms with E-state index >= 15 is 0 Å². The lowest BCUT2D eigenvalue weighted by Crippen LogP contribution is -2.22. The van der Waals surface area contributed by atoms with Gasteiger partial charge in [-0.2, -0.15) is 0 Å². The summed E-state index contributed by atoms with van der Waals surface area (Å²) < 4.78 is 17.4. The highest BCUT2D eigenvalue weighted by atomic mass is 32.2. The van der Waals surface area contributed by atoms with Gasteiger partial charge in [0.25, 0.3) is 0 Å². The summed E-state index contributed by atoms with van der Waals surface area (Å²) in [5.41, 5.74) is 0.880. The van der Waals surface area contributed by atoms with E-state index < -0.39 is 10.8 Å². The smallest absolute Gasteiger partial charge is 0.134 e. The summed E-state index contributed by atoms with van der Waals surface area (Å²) in [6.45, 7) is 1.93. The minimum absolute atomic E-state index is 0.0168. The molecule has 0 aliphatic carbocycles. The maximum absolute atomic E-state index is 11.6. The molecule has 1 heterocycles. The van der Waals surface area contributed by atoms with Crippen molar-refractivity contribution in [1.82, 2.24) is 5.32 Å². The van der Waals surface area contributed by atoms with Gasteiger partial charge in [0, 0.05) is 27.7 Å². The van der Waals surface area contributed by atoms with Crippen LogP contribution in [0.4, 0.5) is 0 Å². The average molecular weight is 251 g/mol. The lowest BCUT2D eigenvalue weighted by atomic mass is 10.2. The standard InChI is InChI=1S/C13H17NO2S/c1-3-17(15)9-11(14-2)13-8-10-6-4-5-7-12(10)16-13/h4-8,11,14H,3,9H2,1-2H3. The summed E-state index contributed by atoms with van der Waals surface area (Å²) in [6.07, 6.45) is 0. The van der Waals surface area contributed by atoms with Crippen LogP contribution in [0.2, 0.25) is 0 Å². The zero-order chi connectivity index (χ0) is 12.3. The molecule has 0 saturated carbocycles. The van der Waals surface area contributed by atoms with E-state index in [4.69, 9.17) is 4.42 Å². The van der Waals surface area contributed by atoms with Gasteiger partial charge in [-0.1, -0.05) is 25.1 Å². The predicted molar refractivity (Wildman–Crippen MR) is 71.6 cm³/mol. The van der Waals surface area contributed by atoms with Crippen LogP contribution in [-0.4, -0.2) is 22.8 Å². The van der Waals surface area contributed by atoms with Crippen LogP contribution in [0.15, 0.2) is 34.7 Å².